The third-order valence-electron chi connectivity index (χ3n) is 4.25. The van der Waals surface area contributed by atoms with E-state index in [1.54, 1.807) is 24.3 Å². The fourth-order valence-electron chi connectivity index (χ4n) is 2.78. The van der Waals surface area contributed by atoms with Gasteiger partial charge in [0.15, 0.2) is 0 Å². The van der Waals surface area contributed by atoms with Crippen molar-refractivity contribution >= 4 is 28.3 Å². The number of nitrogens with two attached hydrogens (primary N) is 1. The van der Waals surface area contributed by atoms with Crippen LogP contribution in [0.25, 0.3) is 10.8 Å². The van der Waals surface area contributed by atoms with E-state index in [1.807, 2.05) is 0 Å². The number of aliphatic hydroxyl groups is 3. The van der Waals surface area contributed by atoms with E-state index in [0.717, 1.165) is 0 Å². The topological polar surface area (TPSA) is 136 Å². The van der Waals surface area contributed by atoms with Crippen molar-refractivity contribution in [2.24, 2.45) is 5.84 Å². The highest BCUT2D eigenvalue weighted by Gasteiger charge is 2.33. The van der Waals surface area contributed by atoms with Crippen LogP contribution in [-0.4, -0.2) is 57.5 Å². The first kappa shape index (κ1) is 16.3. The van der Waals surface area contributed by atoms with Crippen LogP contribution >= 0.6 is 0 Å². The van der Waals surface area contributed by atoms with Crippen molar-refractivity contribution in [3.05, 3.63) is 41.5 Å². The van der Waals surface area contributed by atoms with Crippen LogP contribution in [0.1, 0.15) is 20.7 Å². The third kappa shape index (κ3) is 2.24. The van der Waals surface area contributed by atoms with Crippen LogP contribution in [0.3, 0.4) is 0 Å². The molecule has 6 N–H and O–H groups in total. The molecular weight excluding hydrogens is 314 g/mol. The van der Waals surface area contributed by atoms with E-state index in [-0.39, 0.29) is 11.1 Å². The second-order valence-electron chi connectivity index (χ2n) is 5.75. The predicted octanol–water partition coefficient (Wildman–Crippen LogP) is -0.563. The lowest BCUT2D eigenvalue weighted by molar-refractivity contribution is 0.0609. The molecule has 0 atom stereocenters. The Hall–Kier alpha value is -2.52. The number of hydrazine groups is 1. The quantitative estimate of drug-likeness (QED) is 0.281. The Morgan fingerprint density at radius 2 is 1.54 bits per heavy atom. The zero-order valence-electron chi connectivity index (χ0n) is 12.7. The Labute approximate surface area is 137 Å². The molecule has 0 unspecified atom stereocenters. The SMILES string of the molecule is NN1C(=O)c2cccc3c(NC(CO)(CO)CO)ccc(c23)C1=O. The Morgan fingerprint density at radius 1 is 0.958 bits per heavy atom. The van der Waals surface area contributed by atoms with Crippen molar-refractivity contribution in [3.63, 3.8) is 0 Å². The molecule has 126 valence electrons. The molecule has 0 bridgehead atoms. The molecule has 8 heteroatoms. The molecule has 2 aromatic carbocycles. The monoisotopic (exact) mass is 331 g/mol. The first-order chi connectivity index (χ1) is 11.5. The van der Waals surface area contributed by atoms with Gasteiger partial charge in [-0.25, -0.2) is 10.9 Å². The van der Waals surface area contributed by atoms with Gasteiger partial charge in [-0.05, 0) is 18.2 Å². The summed E-state index contributed by atoms with van der Waals surface area (Å²) < 4.78 is 0. The number of nitrogens with zero attached hydrogens (tertiary/aromatic N) is 1. The first-order valence-electron chi connectivity index (χ1n) is 7.28. The fraction of sp³-hybridized carbons (Fsp3) is 0.250. The lowest BCUT2D eigenvalue weighted by atomic mass is 9.92. The molecule has 1 aliphatic heterocycles. The second-order valence-corrected chi connectivity index (χ2v) is 5.75. The van der Waals surface area contributed by atoms with Gasteiger partial charge >= 0.3 is 0 Å². The number of amides is 2. The number of benzene rings is 2. The molecule has 2 amide bonds. The van der Waals surface area contributed by atoms with Gasteiger partial charge < -0.3 is 20.6 Å². The number of anilines is 1. The molecule has 24 heavy (non-hydrogen) atoms. The van der Waals surface area contributed by atoms with E-state index in [4.69, 9.17) is 5.84 Å². The maximum Gasteiger partial charge on any atom is 0.275 e. The van der Waals surface area contributed by atoms with Crippen LogP contribution in [0.15, 0.2) is 30.3 Å². The average Bonchev–Trinajstić information content (AvgIpc) is 2.63. The summed E-state index contributed by atoms with van der Waals surface area (Å²) in [6.45, 7) is -1.51. The molecule has 2 aromatic rings. The van der Waals surface area contributed by atoms with E-state index < -0.39 is 37.2 Å². The molecule has 0 radical (unpaired) electrons. The third-order valence-corrected chi connectivity index (χ3v) is 4.25. The van der Waals surface area contributed by atoms with Gasteiger partial charge in [-0.1, -0.05) is 12.1 Å². The number of hydrogen-bond acceptors (Lipinski definition) is 7. The number of rotatable bonds is 5. The minimum absolute atomic E-state index is 0.288. The zero-order chi connectivity index (χ0) is 17.5. The van der Waals surface area contributed by atoms with E-state index >= 15 is 0 Å². The molecule has 8 nitrogen and oxygen atoms in total. The standard InChI is InChI=1S/C16H17N3O5/c17-19-14(23)10-3-1-2-9-12(18-16(6-20,7-21)8-22)5-4-11(13(9)10)15(19)24/h1-5,18,20-22H,6-8,17H2. The van der Waals surface area contributed by atoms with Gasteiger partial charge in [0.1, 0.15) is 5.54 Å². The number of imide groups is 1. The van der Waals surface area contributed by atoms with Gasteiger partial charge in [0.2, 0.25) is 0 Å². The summed E-state index contributed by atoms with van der Waals surface area (Å²) in [6, 6.07) is 8.01. The minimum Gasteiger partial charge on any atom is -0.394 e. The normalized spacial score (nSPS) is 14.4. The maximum atomic E-state index is 12.2. The van der Waals surface area contributed by atoms with Gasteiger partial charge in [-0.3, -0.25) is 9.59 Å². The maximum absolute atomic E-state index is 12.2. The van der Waals surface area contributed by atoms with Crippen LogP contribution in [0.5, 0.6) is 0 Å². The molecule has 0 saturated heterocycles. The molecule has 0 saturated carbocycles. The van der Waals surface area contributed by atoms with Crippen molar-refractivity contribution in [1.29, 1.82) is 0 Å². The second kappa shape index (κ2) is 5.84. The van der Waals surface area contributed by atoms with Crippen molar-refractivity contribution < 1.29 is 24.9 Å². The summed E-state index contributed by atoms with van der Waals surface area (Å²) in [5.74, 6) is 4.33. The summed E-state index contributed by atoms with van der Waals surface area (Å²) >= 11 is 0. The molecule has 0 aromatic heterocycles. The number of carbonyl (C=O) groups is 2. The number of carbonyl (C=O) groups excluding carboxylic acids is 2. The number of nitrogens with one attached hydrogen (secondary N) is 1. The van der Waals surface area contributed by atoms with Crippen LogP contribution in [0, 0.1) is 0 Å². The fourth-order valence-corrected chi connectivity index (χ4v) is 2.78. The van der Waals surface area contributed by atoms with Gasteiger partial charge in [0.25, 0.3) is 11.8 Å². The highest BCUT2D eigenvalue weighted by molar-refractivity contribution is 6.26. The summed E-state index contributed by atoms with van der Waals surface area (Å²) in [4.78, 5) is 24.4. The Morgan fingerprint density at radius 3 is 2.12 bits per heavy atom. The molecule has 0 aliphatic carbocycles. The molecule has 1 heterocycles. The van der Waals surface area contributed by atoms with Gasteiger partial charge in [-0.2, -0.15) is 0 Å². The van der Waals surface area contributed by atoms with Crippen LogP contribution in [0.2, 0.25) is 0 Å². The molecule has 0 fully saturated rings. The average molecular weight is 331 g/mol. The molecular formula is C16H17N3O5. The summed E-state index contributed by atoms with van der Waals surface area (Å²) in [5.41, 5.74) is -0.284. The van der Waals surface area contributed by atoms with Crippen LogP contribution in [0.4, 0.5) is 5.69 Å². The van der Waals surface area contributed by atoms with E-state index in [2.05, 4.69) is 5.32 Å². The largest absolute Gasteiger partial charge is 0.394 e. The van der Waals surface area contributed by atoms with Gasteiger partial charge in [0, 0.05) is 16.5 Å². The van der Waals surface area contributed by atoms with E-state index in [1.165, 1.54) is 6.07 Å². The predicted molar refractivity (Wildman–Crippen MR) is 86.2 cm³/mol. The van der Waals surface area contributed by atoms with E-state index in [9.17, 15) is 24.9 Å². The Bertz CT molecular complexity index is 801. The van der Waals surface area contributed by atoms with Crippen LogP contribution < -0.4 is 11.2 Å². The van der Waals surface area contributed by atoms with Crippen molar-refractivity contribution in [2.75, 3.05) is 25.1 Å². The number of hydrogen-bond donors (Lipinski definition) is 5. The summed E-state index contributed by atoms with van der Waals surface area (Å²) in [6.07, 6.45) is 0. The molecule has 1 aliphatic rings. The summed E-state index contributed by atoms with van der Waals surface area (Å²) in [5, 5.41) is 32.9. The minimum atomic E-state index is -1.33. The summed E-state index contributed by atoms with van der Waals surface area (Å²) in [7, 11) is 0. The lowest BCUT2D eigenvalue weighted by Crippen LogP contribution is -2.49. The Balaban J connectivity index is 2.22. The smallest absolute Gasteiger partial charge is 0.275 e. The Kier molecular flexibility index (Phi) is 3.98. The van der Waals surface area contributed by atoms with Crippen molar-refractivity contribution in [3.8, 4) is 0 Å². The van der Waals surface area contributed by atoms with Crippen molar-refractivity contribution in [2.45, 2.75) is 5.54 Å². The van der Waals surface area contributed by atoms with E-state index in [0.29, 0.717) is 21.5 Å². The van der Waals surface area contributed by atoms with Crippen molar-refractivity contribution in [1.82, 2.24) is 5.01 Å². The highest BCUT2D eigenvalue weighted by atomic mass is 16.3. The zero-order valence-corrected chi connectivity index (χ0v) is 12.7. The molecule has 3 rings (SSSR count). The molecule has 0 spiro atoms. The highest BCUT2D eigenvalue weighted by Crippen LogP contribution is 2.34. The first-order valence-corrected chi connectivity index (χ1v) is 7.28. The lowest BCUT2D eigenvalue weighted by Gasteiger charge is -2.31. The van der Waals surface area contributed by atoms with Gasteiger partial charge in [-0.15, -0.1) is 0 Å². The van der Waals surface area contributed by atoms with Gasteiger partial charge in [0.05, 0.1) is 30.9 Å². The van der Waals surface area contributed by atoms with Crippen LogP contribution in [-0.2, 0) is 0 Å². The number of aliphatic hydroxyl groups excluding tert-OH is 3.